The van der Waals surface area contributed by atoms with Gasteiger partial charge in [-0.25, -0.2) is 15.0 Å². The zero-order chi connectivity index (χ0) is 36.0. The van der Waals surface area contributed by atoms with E-state index in [0.29, 0.717) is 17.5 Å². The lowest BCUT2D eigenvalue weighted by Gasteiger charge is -2.14. The van der Waals surface area contributed by atoms with Gasteiger partial charge in [0.2, 0.25) is 0 Å². The van der Waals surface area contributed by atoms with Gasteiger partial charge >= 0.3 is 0 Å². The van der Waals surface area contributed by atoms with Crippen LogP contribution in [0.15, 0.2) is 180 Å². The van der Waals surface area contributed by atoms with Gasteiger partial charge in [-0.05, 0) is 89.6 Å². The molecular weight excluding hydrogens is 671 g/mol. The Bertz CT molecular complexity index is 3560. The van der Waals surface area contributed by atoms with Crippen LogP contribution in [-0.4, -0.2) is 15.0 Å². The van der Waals surface area contributed by atoms with Crippen molar-refractivity contribution in [3.05, 3.63) is 176 Å². The molecule has 12 aromatic rings. The van der Waals surface area contributed by atoms with Gasteiger partial charge in [0.25, 0.3) is 0 Å². The summed E-state index contributed by atoms with van der Waals surface area (Å²) in [5.74, 6) is 1.84. The summed E-state index contributed by atoms with van der Waals surface area (Å²) in [6, 6.07) is 62.2. The fourth-order valence-corrected chi connectivity index (χ4v) is 8.61. The number of fused-ring (bicyclic) bond motifs is 12. The van der Waals surface area contributed by atoms with Crippen LogP contribution in [0.4, 0.5) is 0 Å². The summed E-state index contributed by atoms with van der Waals surface area (Å²) in [7, 11) is 0. The van der Waals surface area contributed by atoms with Crippen molar-refractivity contribution in [2.24, 2.45) is 0 Å². The maximum absolute atomic E-state index is 6.96. The van der Waals surface area contributed by atoms with Crippen LogP contribution in [0, 0.1) is 0 Å². The number of hydrogen-bond acceptors (Lipinski definition) is 4. The molecule has 0 aliphatic rings. The van der Waals surface area contributed by atoms with Crippen LogP contribution in [-0.2, 0) is 0 Å². The van der Waals surface area contributed by atoms with Gasteiger partial charge in [-0.1, -0.05) is 146 Å². The van der Waals surface area contributed by atoms with Crippen molar-refractivity contribution in [2.75, 3.05) is 0 Å². The van der Waals surface area contributed by atoms with Gasteiger partial charge in [-0.3, -0.25) is 0 Å². The van der Waals surface area contributed by atoms with Crippen LogP contribution in [0.2, 0.25) is 0 Å². The summed E-state index contributed by atoms with van der Waals surface area (Å²) in [5.41, 5.74) is 4.47. The summed E-state index contributed by atoms with van der Waals surface area (Å²) in [6.07, 6.45) is 0. The SMILES string of the molecule is c1ccc2cc(-c3nc(-c4cc5ccccc5c5ccccc45)nc(-c4cc5ccc6ccccc6c5c5oc6cc7ccccc7cc6c45)n3)ccc2c1. The first-order chi connectivity index (χ1) is 27.2. The maximum atomic E-state index is 6.96. The third-order valence-corrected chi connectivity index (χ3v) is 11.2. The van der Waals surface area contributed by atoms with Crippen molar-refractivity contribution < 1.29 is 4.42 Å². The van der Waals surface area contributed by atoms with E-state index in [-0.39, 0.29) is 0 Å². The third-order valence-electron chi connectivity index (χ3n) is 11.2. The lowest BCUT2D eigenvalue weighted by molar-refractivity contribution is 0.673. The highest BCUT2D eigenvalue weighted by molar-refractivity contribution is 6.27. The number of rotatable bonds is 3. The Kier molecular flexibility index (Phi) is 6.31. The maximum Gasteiger partial charge on any atom is 0.164 e. The van der Waals surface area contributed by atoms with Crippen molar-refractivity contribution in [2.45, 2.75) is 0 Å². The zero-order valence-corrected chi connectivity index (χ0v) is 29.5. The second-order valence-electron chi connectivity index (χ2n) is 14.4. The van der Waals surface area contributed by atoms with E-state index in [2.05, 4.69) is 176 Å². The summed E-state index contributed by atoms with van der Waals surface area (Å²) in [6.45, 7) is 0. The molecule has 0 aliphatic carbocycles. The average Bonchev–Trinajstić information content (AvgIpc) is 3.62. The molecule has 0 N–H and O–H groups in total. The highest BCUT2D eigenvalue weighted by Gasteiger charge is 2.23. The van der Waals surface area contributed by atoms with E-state index in [9.17, 15) is 0 Å². The van der Waals surface area contributed by atoms with Crippen LogP contribution in [0.5, 0.6) is 0 Å². The number of aromatic nitrogens is 3. The molecule has 0 spiro atoms. The molecule has 254 valence electrons. The van der Waals surface area contributed by atoms with Crippen molar-refractivity contribution in [1.82, 2.24) is 15.0 Å². The highest BCUT2D eigenvalue weighted by atomic mass is 16.3. The molecule has 0 fully saturated rings. The number of nitrogens with zero attached hydrogens (tertiary/aromatic N) is 3. The Morgan fingerprint density at radius 1 is 0.309 bits per heavy atom. The Hall–Kier alpha value is -7.43. The molecule has 0 aliphatic heterocycles. The average molecular weight is 700 g/mol. The fourth-order valence-electron chi connectivity index (χ4n) is 8.61. The predicted molar refractivity (Wildman–Crippen MR) is 228 cm³/mol. The molecule has 2 heterocycles. The first kappa shape index (κ1) is 30.1. The van der Waals surface area contributed by atoms with Crippen molar-refractivity contribution >= 4 is 86.6 Å². The van der Waals surface area contributed by atoms with Gasteiger partial charge in [0.05, 0.1) is 0 Å². The largest absolute Gasteiger partial charge is 0.455 e. The van der Waals surface area contributed by atoms with Crippen molar-refractivity contribution in [3.8, 4) is 34.2 Å². The molecule has 2 aromatic heterocycles. The van der Waals surface area contributed by atoms with Crippen molar-refractivity contribution in [1.29, 1.82) is 0 Å². The van der Waals surface area contributed by atoms with Gasteiger partial charge in [-0.2, -0.15) is 0 Å². The van der Waals surface area contributed by atoms with Gasteiger partial charge in [0.15, 0.2) is 17.5 Å². The van der Waals surface area contributed by atoms with E-state index in [1.54, 1.807) is 0 Å². The van der Waals surface area contributed by atoms with Crippen LogP contribution in [0.25, 0.3) is 121 Å². The molecule has 0 amide bonds. The van der Waals surface area contributed by atoms with E-state index < -0.39 is 0 Å². The second-order valence-corrected chi connectivity index (χ2v) is 14.4. The Morgan fingerprint density at radius 3 is 1.65 bits per heavy atom. The normalized spacial score (nSPS) is 12.0. The van der Waals surface area contributed by atoms with E-state index >= 15 is 0 Å². The summed E-state index contributed by atoms with van der Waals surface area (Å²) in [4.78, 5) is 16.1. The van der Waals surface area contributed by atoms with E-state index in [0.717, 1.165) is 87.1 Å². The Morgan fingerprint density at radius 2 is 0.855 bits per heavy atom. The molecule has 0 unspecified atom stereocenters. The standard InChI is InChI=1S/C51H29N3O/c1-2-13-32-25-37(24-21-30(32)11-1)49-52-50(42-27-35-16-6-7-17-38(35)40-19-9-10-20-41(40)42)54-51(53-49)44-28-36-23-22-31-12-5-8-18-39(31)46(36)48-47(44)43-26-33-14-3-4-15-34(33)29-45(43)55-48/h1-29H. The number of hydrogen-bond donors (Lipinski definition) is 0. The number of benzene rings is 10. The second kappa shape index (κ2) is 11.5. The van der Waals surface area contributed by atoms with Gasteiger partial charge in [0.1, 0.15) is 11.2 Å². The third kappa shape index (κ3) is 4.62. The fraction of sp³-hybridized carbons (Fsp3) is 0. The highest BCUT2D eigenvalue weighted by Crippen LogP contribution is 2.44. The minimum atomic E-state index is 0.598. The quantitative estimate of drug-likeness (QED) is 0.172. The van der Waals surface area contributed by atoms with E-state index in [1.807, 2.05) is 0 Å². The molecule has 4 heteroatoms. The zero-order valence-electron chi connectivity index (χ0n) is 29.5. The molecular formula is C51H29N3O. The number of furan rings is 1. The van der Waals surface area contributed by atoms with Crippen LogP contribution >= 0.6 is 0 Å². The predicted octanol–water partition coefficient (Wildman–Crippen LogP) is 13.7. The lowest BCUT2D eigenvalue weighted by Crippen LogP contribution is -2.01. The molecule has 55 heavy (non-hydrogen) atoms. The van der Waals surface area contributed by atoms with E-state index in [1.165, 1.54) is 16.2 Å². The first-order valence-electron chi connectivity index (χ1n) is 18.6. The molecule has 12 rings (SSSR count). The van der Waals surface area contributed by atoms with Gasteiger partial charge in [0, 0.05) is 32.8 Å². The first-order valence-corrected chi connectivity index (χ1v) is 18.6. The van der Waals surface area contributed by atoms with Crippen LogP contribution < -0.4 is 0 Å². The van der Waals surface area contributed by atoms with Gasteiger partial charge in [-0.15, -0.1) is 0 Å². The summed E-state index contributed by atoms with van der Waals surface area (Å²) < 4.78 is 6.96. The van der Waals surface area contributed by atoms with Crippen LogP contribution in [0.3, 0.4) is 0 Å². The van der Waals surface area contributed by atoms with E-state index in [4.69, 9.17) is 19.4 Å². The minimum Gasteiger partial charge on any atom is -0.455 e. The molecule has 0 atom stereocenters. The summed E-state index contributed by atoms with van der Waals surface area (Å²) >= 11 is 0. The molecule has 0 saturated heterocycles. The topological polar surface area (TPSA) is 51.8 Å². The van der Waals surface area contributed by atoms with Crippen LogP contribution in [0.1, 0.15) is 0 Å². The Balaban J connectivity index is 1.23. The van der Waals surface area contributed by atoms with Gasteiger partial charge < -0.3 is 4.42 Å². The molecule has 0 saturated carbocycles. The Labute approximate surface area is 315 Å². The minimum absolute atomic E-state index is 0.598. The lowest BCUT2D eigenvalue weighted by atomic mass is 9.95. The van der Waals surface area contributed by atoms with Crippen molar-refractivity contribution in [3.63, 3.8) is 0 Å². The smallest absolute Gasteiger partial charge is 0.164 e. The molecule has 4 nitrogen and oxygen atoms in total. The summed E-state index contributed by atoms with van der Waals surface area (Å²) in [5, 5.41) is 15.7. The molecule has 0 bridgehead atoms. The molecule has 0 radical (unpaired) electrons. The molecule has 10 aromatic carbocycles. The monoisotopic (exact) mass is 699 g/mol.